The lowest BCUT2D eigenvalue weighted by atomic mass is 9.97. The minimum atomic E-state index is -0.534. The number of hydrogen-bond acceptors (Lipinski definition) is 5. The monoisotopic (exact) mass is 511 g/mol. The number of carbonyl (C=O) groups is 2. The van der Waals surface area contributed by atoms with Gasteiger partial charge in [0.05, 0.1) is 5.01 Å². The Bertz CT molecular complexity index is 1350. The number of piperidine rings is 1. The number of anilines is 1. The van der Waals surface area contributed by atoms with E-state index in [-0.39, 0.29) is 17.7 Å². The molecule has 1 aromatic heterocycles. The van der Waals surface area contributed by atoms with E-state index >= 15 is 0 Å². The van der Waals surface area contributed by atoms with E-state index in [0.717, 1.165) is 34.7 Å². The van der Waals surface area contributed by atoms with Crippen molar-refractivity contribution in [2.24, 2.45) is 0 Å². The van der Waals surface area contributed by atoms with E-state index in [1.165, 1.54) is 11.3 Å². The molecule has 0 radical (unpaired) electrons. The molecular weight excluding hydrogens is 482 g/mol. The Balaban J connectivity index is 1.18. The largest absolute Gasteiger partial charge is 0.481 e. The molecule has 0 bridgehead atoms. The molecular formula is C30H29N3O3S. The number of rotatable bonds is 7. The number of nitrogens with one attached hydrogen (secondary N) is 1. The molecule has 37 heavy (non-hydrogen) atoms. The summed E-state index contributed by atoms with van der Waals surface area (Å²) < 4.78 is 5.81. The molecule has 1 N–H and O–H groups in total. The van der Waals surface area contributed by atoms with Crippen LogP contribution < -0.4 is 10.1 Å². The standard InChI is InChI=1S/C30H29N3O3S/c1-21(36-24-12-6-3-7-13-24)30(35)33-18-16-23(17-19-33)29-32-27(20-37-29)28(34)31-26-15-9-8-14-25(26)22-10-4-2-5-11-22/h2-15,20-21,23H,16-19H2,1H3,(H,31,34). The van der Waals surface area contributed by atoms with Crippen LogP contribution in [0.2, 0.25) is 0 Å². The predicted molar refractivity (Wildman–Crippen MR) is 147 cm³/mol. The molecule has 1 unspecified atom stereocenters. The van der Waals surface area contributed by atoms with E-state index in [9.17, 15) is 9.59 Å². The van der Waals surface area contributed by atoms with Crippen molar-refractivity contribution in [3.63, 3.8) is 0 Å². The van der Waals surface area contributed by atoms with Crippen molar-refractivity contribution in [2.45, 2.75) is 31.8 Å². The fourth-order valence-electron chi connectivity index (χ4n) is 4.58. The van der Waals surface area contributed by atoms with E-state index in [1.54, 1.807) is 6.92 Å². The van der Waals surface area contributed by atoms with Crippen LogP contribution in [-0.4, -0.2) is 40.9 Å². The second-order valence-electron chi connectivity index (χ2n) is 9.11. The fraction of sp³-hybridized carbons (Fsp3) is 0.233. The lowest BCUT2D eigenvalue weighted by Gasteiger charge is -2.32. The average Bonchev–Trinajstić information content (AvgIpc) is 3.45. The van der Waals surface area contributed by atoms with Crippen LogP contribution in [-0.2, 0) is 4.79 Å². The quantitative estimate of drug-likeness (QED) is 0.319. The summed E-state index contributed by atoms with van der Waals surface area (Å²) >= 11 is 1.51. The number of likely N-dealkylation sites (tertiary alicyclic amines) is 1. The van der Waals surface area contributed by atoms with Gasteiger partial charge in [-0.3, -0.25) is 9.59 Å². The smallest absolute Gasteiger partial charge is 0.275 e. The molecule has 6 nitrogen and oxygen atoms in total. The lowest BCUT2D eigenvalue weighted by Crippen LogP contribution is -2.44. The molecule has 1 aliphatic rings. The molecule has 2 amide bonds. The number of aromatic nitrogens is 1. The summed E-state index contributed by atoms with van der Waals surface area (Å²) in [5, 5.41) is 5.80. The van der Waals surface area contributed by atoms with Crippen molar-refractivity contribution < 1.29 is 14.3 Å². The van der Waals surface area contributed by atoms with E-state index in [2.05, 4.69) is 10.3 Å². The normalized spacial score (nSPS) is 14.7. The zero-order valence-corrected chi connectivity index (χ0v) is 21.5. The highest BCUT2D eigenvalue weighted by atomic mass is 32.1. The van der Waals surface area contributed by atoms with Crippen LogP contribution in [0.25, 0.3) is 11.1 Å². The van der Waals surface area contributed by atoms with Crippen molar-refractivity contribution in [3.05, 3.63) is 101 Å². The van der Waals surface area contributed by atoms with Gasteiger partial charge in [-0.2, -0.15) is 0 Å². The highest BCUT2D eigenvalue weighted by molar-refractivity contribution is 7.10. The van der Waals surface area contributed by atoms with Gasteiger partial charge in [-0.15, -0.1) is 11.3 Å². The maximum atomic E-state index is 13.0. The van der Waals surface area contributed by atoms with Crippen LogP contribution in [0.15, 0.2) is 90.3 Å². The maximum Gasteiger partial charge on any atom is 0.275 e. The van der Waals surface area contributed by atoms with E-state index in [4.69, 9.17) is 4.74 Å². The highest BCUT2D eigenvalue weighted by Gasteiger charge is 2.29. The highest BCUT2D eigenvalue weighted by Crippen LogP contribution is 2.32. The van der Waals surface area contributed by atoms with Gasteiger partial charge in [-0.1, -0.05) is 66.7 Å². The lowest BCUT2D eigenvalue weighted by molar-refractivity contribution is -0.139. The Kier molecular flexibility index (Phi) is 7.61. The summed E-state index contributed by atoms with van der Waals surface area (Å²) in [7, 11) is 0. The Hall–Kier alpha value is -3.97. The molecule has 188 valence electrons. The fourth-order valence-corrected chi connectivity index (χ4v) is 5.56. The number of thiazole rings is 1. The van der Waals surface area contributed by atoms with E-state index in [0.29, 0.717) is 24.5 Å². The van der Waals surface area contributed by atoms with Crippen molar-refractivity contribution in [1.82, 2.24) is 9.88 Å². The number of para-hydroxylation sites is 2. The van der Waals surface area contributed by atoms with Gasteiger partial charge in [0.15, 0.2) is 6.10 Å². The average molecular weight is 512 g/mol. The predicted octanol–water partition coefficient (Wildman–Crippen LogP) is 6.24. The van der Waals surface area contributed by atoms with Crippen LogP contribution >= 0.6 is 11.3 Å². The molecule has 1 saturated heterocycles. The summed E-state index contributed by atoms with van der Waals surface area (Å²) in [5.74, 6) is 0.708. The summed E-state index contributed by atoms with van der Waals surface area (Å²) in [5.41, 5.74) is 3.19. The second kappa shape index (κ2) is 11.4. The SMILES string of the molecule is CC(Oc1ccccc1)C(=O)N1CCC(c2nc(C(=O)Nc3ccccc3-c3ccccc3)cs2)CC1. The third kappa shape index (κ3) is 5.89. The van der Waals surface area contributed by atoms with Crippen molar-refractivity contribution in [3.8, 4) is 16.9 Å². The Labute approximate surface area is 220 Å². The van der Waals surface area contributed by atoms with Gasteiger partial charge in [0, 0.05) is 35.6 Å². The van der Waals surface area contributed by atoms with Gasteiger partial charge in [0.25, 0.3) is 11.8 Å². The number of carbonyl (C=O) groups excluding carboxylic acids is 2. The number of nitrogens with zero attached hydrogens (tertiary/aromatic N) is 2. The maximum absolute atomic E-state index is 13.0. The Morgan fingerprint density at radius 1 is 0.946 bits per heavy atom. The molecule has 0 spiro atoms. The zero-order valence-electron chi connectivity index (χ0n) is 20.7. The van der Waals surface area contributed by atoms with Gasteiger partial charge < -0.3 is 15.0 Å². The number of hydrogen-bond donors (Lipinski definition) is 1. The summed E-state index contributed by atoms with van der Waals surface area (Å²) in [6.45, 7) is 3.10. The first-order chi connectivity index (χ1) is 18.1. The van der Waals surface area contributed by atoms with Crippen LogP contribution in [0.1, 0.15) is 41.2 Å². The second-order valence-corrected chi connectivity index (χ2v) is 10.00. The Morgan fingerprint density at radius 3 is 2.32 bits per heavy atom. The number of amides is 2. The first-order valence-corrected chi connectivity index (χ1v) is 13.4. The van der Waals surface area contributed by atoms with Crippen LogP contribution in [0.3, 0.4) is 0 Å². The molecule has 3 aromatic carbocycles. The molecule has 1 fully saturated rings. The summed E-state index contributed by atoms with van der Waals surface area (Å²) in [6, 6.07) is 27.2. The molecule has 2 heterocycles. The van der Waals surface area contributed by atoms with Crippen LogP contribution in [0, 0.1) is 0 Å². The molecule has 0 saturated carbocycles. The van der Waals surface area contributed by atoms with Gasteiger partial charge >= 0.3 is 0 Å². The number of ether oxygens (including phenoxy) is 1. The van der Waals surface area contributed by atoms with Gasteiger partial charge in [-0.25, -0.2) is 4.98 Å². The van der Waals surface area contributed by atoms with Crippen molar-refractivity contribution in [2.75, 3.05) is 18.4 Å². The molecule has 1 aliphatic heterocycles. The van der Waals surface area contributed by atoms with Gasteiger partial charge in [0.1, 0.15) is 11.4 Å². The van der Waals surface area contributed by atoms with E-state index in [1.807, 2.05) is 95.2 Å². The Morgan fingerprint density at radius 2 is 1.59 bits per heavy atom. The van der Waals surface area contributed by atoms with Crippen LogP contribution in [0.5, 0.6) is 5.75 Å². The third-order valence-corrected chi connectivity index (χ3v) is 7.58. The minimum absolute atomic E-state index is 0.00131. The zero-order chi connectivity index (χ0) is 25.6. The third-order valence-electron chi connectivity index (χ3n) is 6.57. The molecule has 0 aliphatic carbocycles. The van der Waals surface area contributed by atoms with Crippen molar-refractivity contribution >= 4 is 28.8 Å². The molecule has 1 atom stereocenters. The first-order valence-electron chi connectivity index (χ1n) is 12.5. The minimum Gasteiger partial charge on any atom is -0.481 e. The molecule has 5 rings (SSSR count). The van der Waals surface area contributed by atoms with E-state index < -0.39 is 6.10 Å². The first kappa shape index (κ1) is 24.7. The van der Waals surface area contributed by atoms with Gasteiger partial charge in [0.2, 0.25) is 0 Å². The molecule has 7 heteroatoms. The van der Waals surface area contributed by atoms with Crippen LogP contribution in [0.4, 0.5) is 5.69 Å². The summed E-state index contributed by atoms with van der Waals surface area (Å²) in [6.07, 6.45) is 1.10. The van der Waals surface area contributed by atoms with Crippen molar-refractivity contribution in [1.29, 1.82) is 0 Å². The number of benzene rings is 3. The topological polar surface area (TPSA) is 71.5 Å². The summed E-state index contributed by atoms with van der Waals surface area (Å²) in [4.78, 5) is 32.4. The van der Waals surface area contributed by atoms with Gasteiger partial charge in [-0.05, 0) is 43.5 Å². The molecule has 4 aromatic rings.